The minimum atomic E-state index is -0.700. The van der Waals surface area contributed by atoms with Crippen LogP contribution in [0.2, 0.25) is 0 Å². The van der Waals surface area contributed by atoms with Crippen molar-refractivity contribution in [3.8, 4) is 11.5 Å². The van der Waals surface area contributed by atoms with E-state index in [9.17, 15) is 9.90 Å². The molecule has 5 nitrogen and oxygen atoms in total. The Hall–Kier alpha value is -1.75. The van der Waals surface area contributed by atoms with Gasteiger partial charge < -0.3 is 14.9 Å². The van der Waals surface area contributed by atoms with Crippen molar-refractivity contribution in [1.82, 2.24) is 4.90 Å². The van der Waals surface area contributed by atoms with Crippen LogP contribution in [0.15, 0.2) is 18.2 Å². The van der Waals surface area contributed by atoms with E-state index >= 15 is 0 Å². The van der Waals surface area contributed by atoms with Crippen LogP contribution in [-0.4, -0.2) is 41.3 Å². The van der Waals surface area contributed by atoms with E-state index in [1.165, 1.54) is 0 Å². The van der Waals surface area contributed by atoms with Gasteiger partial charge >= 0.3 is 5.97 Å². The predicted molar refractivity (Wildman–Crippen MR) is 79.5 cm³/mol. The molecule has 0 bridgehead atoms. The number of rotatable bonds is 6. The van der Waals surface area contributed by atoms with E-state index in [0.717, 1.165) is 44.5 Å². The van der Waals surface area contributed by atoms with Crippen molar-refractivity contribution < 1.29 is 19.7 Å². The zero-order valence-corrected chi connectivity index (χ0v) is 12.4. The molecule has 116 valence electrons. The van der Waals surface area contributed by atoms with Crippen molar-refractivity contribution in [2.24, 2.45) is 5.92 Å². The summed E-state index contributed by atoms with van der Waals surface area (Å²) in [5.41, 5.74) is 1.12. The monoisotopic (exact) mass is 293 g/mol. The number of piperidine rings is 1. The summed E-state index contributed by atoms with van der Waals surface area (Å²) in [6.45, 7) is 2.82. The molecule has 0 amide bonds. The maximum atomic E-state index is 10.6. The number of nitrogens with zero attached hydrogens (tertiary/aromatic N) is 1. The second-order valence-corrected chi connectivity index (χ2v) is 5.66. The molecule has 0 aliphatic carbocycles. The molecular formula is C16H23NO4. The Morgan fingerprint density at radius 3 is 2.71 bits per heavy atom. The summed E-state index contributed by atoms with van der Waals surface area (Å²) in [5.74, 6) is 0.498. The zero-order chi connectivity index (χ0) is 15.2. The van der Waals surface area contributed by atoms with Crippen LogP contribution < -0.4 is 4.74 Å². The number of ether oxygens (including phenoxy) is 1. The Kier molecular flexibility index (Phi) is 5.44. The zero-order valence-electron chi connectivity index (χ0n) is 12.4. The lowest BCUT2D eigenvalue weighted by Gasteiger charge is -2.31. The van der Waals surface area contributed by atoms with Crippen molar-refractivity contribution in [1.29, 1.82) is 0 Å². The highest BCUT2D eigenvalue weighted by atomic mass is 16.5. The molecule has 5 heteroatoms. The van der Waals surface area contributed by atoms with E-state index < -0.39 is 5.97 Å². The SMILES string of the molecule is COc1cc(CN2CCC(CCC(=O)O)CC2)ccc1O. The maximum absolute atomic E-state index is 10.6. The van der Waals surface area contributed by atoms with Crippen LogP contribution >= 0.6 is 0 Å². The van der Waals surface area contributed by atoms with Gasteiger partial charge in [0.25, 0.3) is 0 Å². The summed E-state index contributed by atoms with van der Waals surface area (Å²) in [6.07, 6.45) is 3.18. The highest BCUT2D eigenvalue weighted by Gasteiger charge is 2.20. The van der Waals surface area contributed by atoms with Gasteiger partial charge in [-0.2, -0.15) is 0 Å². The summed E-state index contributed by atoms with van der Waals surface area (Å²) < 4.78 is 5.12. The van der Waals surface area contributed by atoms with E-state index in [1.807, 2.05) is 12.1 Å². The Morgan fingerprint density at radius 2 is 2.10 bits per heavy atom. The molecule has 21 heavy (non-hydrogen) atoms. The van der Waals surface area contributed by atoms with Gasteiger partial charge in [0.1, 0.15) is 0 Å². The molecule has 0 aromatic heterocycles. The third kappa shape index (κ3) is 4.63. The molecule has 0 unspecified atom stereocenters. The number of carboxylic acids is 1. The Bertz CT molecular complexity index is 481. The first-order valence-electron chi connectivity index (χ1n) is 7.38. The molecule has 0 spiro atoms. The average Bonchev–Trinajstić information content (AvgIpc) is 2.48. The van der Waals surface area contributed by atoms with Gasteiger partial charge in [0, 0.05) is 13.0 Å². The van der Waals surface area contributed by atoms with Crippen molar-refractivity contribution in [3.63, 3.8) is 0 Å². The van der Waals surface area contributed by atoms with Crippen LogP contribution in [0.25, 0.3) is 0 Å². The fourth-order valence-corrected chi connectivity index (χ4v) is 2.84. The molecule has 1 aromatic carbocycles. The smallest absolute Gasteiger partial charge is 0.303 e. The topological polar surface area (TPSA) is 70.0 Å². The van der Waals surface area contributed by atoms with E-state index in [-0.39, 0.29) is 12.2 Å². The fraction of sp³-hybridized carbons (Fsp3) is 0.562. The lowest BCUT2D eigenvalue weighted by molar-refractivity contribution is -0.137. The van der Waals surface area contributed by atoms with Gasteiger partial charge in [-0.05, 0) is 56.0 Å². The number of phenols is 1. The van der Waals surface area contributed by atoms with Gasteiger partial charge in [-0.1, -0.05) is 6.07 Å². The van der Waals surface area contributed by atoms with Gasteiger partial charge in [0.15, 0.2) is 11.5 Å². The first-order valence-corrected chi connectivity index (χ1v) is 7.38. The molecule has 0 saturated carbocycles. The van der Waals surface area contributed by atoms with E-state index in [1.54, 1.807) is 13.2 Å². The van der Waals surface area contributed by atoms with Crippen molar-refractivity contribution >= 4 is 5.97 Å². The third-order valence-electron chi connectivity index (χ3n) is 4.12. The second kappa shape index (κ2) is 7.31. The van der Waals surface area contributed by atoms with Crippen LogP contribution in [-0.2, 0) is 11.3 Å². The number of carboxylic acid groups (broad SMARTS) is 1. The van der Waals surface area contributed by atoms with Gasteiger partial charge in [-0.3, -0.25) is 9.69 Å². The van der Waals surface area contributed by atoms with Gasteiger partial charge in [-0.25, -0.2) is 0 Å². The number of likely N-dealkylation sites (tertiary alicyclic amines) is 1. The number of aromatic hydroxyl groups is 1. The number of benzene rings is 1. The summed E-state index contributed by atoms with van der Waals surface area (Å²) in [7, 11) is 1.55. The lowest BCUT2D eigenvalue weighted by Crippen LogP contribution is -2.33. The average molecular weight is 293 g/mol. The predicted octanol–water partition coefficient (Wildman–Crippen LogP) is 2.48. The van der Waals surface area contributed by atoms with Crippen molar-refractivity contribution in [3.05, 3.63) is 23.8 Å². The highest BCUT2D eigenvalue weighted by molar-refractivity contribution is 5.66. The summed E-state index contributed by atoms with van der Waals surface area (Å²) in [4.78, 5) is 13.0. The number of aliphatic carboxylic acids is 1. The molecular weight excluding hydrogens is 270 g/mol. The number of hydrogen-bond donors (Lipinski definition) is 2. The van der Waals surface area contributed by atoms with Gasteiger partial charge in [0.05, 0.1) is 7.11 Å². The Labute approximate surface area is 125 Å². The van der Waals surface area contributed by atoms with E-state index in [0.29, 0.717) is 11.7 Å². The minimum Gasteiger partial charge on any atom is -0.504 e. The number of methoxy groups -OCH3 is 1. The van der Waals surface area contributed by atoms with Gasteiger partial charge in [-0.15, -0.1) is 0 Å². The Balaban J connectivity index is 1.82. The number of hydrogen-bond acceptors (Lipinski definition) is 4. The van der Waals surface area contributed by atoms with Crippen LogP contribution in [0.4, 0.5) is 0 Å². The summed E-state index contributed by atoms with van der Waals surface area (Å²) in [6, 6.07) is 5.44. The van der Waals surface area contributed by atoms with Crippen LogP contribution in [0, 0.1) is 5.92 Å². The molecule has 1 aromatic rings. The molecule has 1 aliphatic rings. The van der Waals surface area contributed by atoms with E-state index in [4.69, 9.17) is 9.84 Å². The lowest BCUT2D eigenvalue weighted by atomic mass is 9.92. The molecule has 1 fully saturated rings. The first-order chi connectivity index (χ1) is 10.1. The first kappa shape index (κ1) is 15.6. The van der Waals surface area contributed by atoms with Crippen LogP contribution in [0.3, 0.4) is 0 Å². The summed E-state index contributed by atoms with van der Waals surface area (Å²) in [5, 5.41) is 18.3. The molecule has 1 saturated heterocycles. The highest BCUT2D eigenvalue weighted by Crippen LogP contribution is 2.28. The molecule has 1 aliphatic heterocycles. The quantitative estimate of drug-likeness (QED) is 0.843. The normalized spacial score (nSPS) is 16.8. The van der Waals surface area contributed by atoms with Crippen LogP contribution in [0.1, 0.15) is 31.2 Å². The molecule has 1 heterocycles. The number of phenolic OH excluding ortho intramolecular Hbond substituents is 1. The molecule has 2 N–H and O–H groups in total. The molecule has 0 radical (unpaired) electrons. The van der Waals surface area contributed by atoms with E-state index in [2.05, 4.69) is 4.90 Å². The standard InChI is InChI=1S/C16H23NO4/c1-21-15-10-13(2-4-14(15)18)11-17-8-6-12(7-9-17)3-5-16(19)20/h2,4,10,12,18H,3,5-9,11H2,1H3,(H,19,20). The minimum absolute atomic E-state index is 0.161. The third-order valence-corrected chi connectivity index (χ3v) is 4.12. The maximum Gasteiger partial charge on any atom is 0.303 e. The van der Waals surface area contributed by atoms with Gasteiger partial charge in [0.2, 0.25) is 0 Å². The fourth-order valence-electron chi connectivity index (χ4n) is 2.84. The Morgan fingerprint density at radius 1 is 1.38 bits per heavy atom. The number of carbonyl (C=O) groups is 1. The van der Waals surface area contributed by atoms with Crippen molar-refractivity contribution in [2.45, 2.75) is 32.2 Å². The molecule has 0 atom stereocenters. The van der Waals surface area contributed by atoms with Crippen LogP contribution in [0.5, 0.6) is 11.5 Å². The van der Waals surface area contributed by atoms with Crippen molar-refractivity contribution in [2.75, 3.05) is 20.2 Å². The largest absolute Gasteiger partial charge is 0.504 e. The summed E-state index contributed by atoms with van der Waals surface area (Å²) >= 11 is 0. The second-order valence-electron chi connectivity index (χ2n) is 5.66. The molecule has 2 rings (SSSR count).